The van der Waals surface area contributed by atoms with Gasteiger partial charge < -0.3 is 5.43 Å². The summed E-state index contributed by atoms with van der Waals surface area (Å²) in [7, 11) is 0. The van der Waals surface area contributed by atoms with E-state index in [1.807, 2.05) is 47.6 Å². The highest BCUT2D eigenvalue weighted by Gasteiger charge is 2.31. The standard InChI is InChI=1S/C9H8Br2N2/c10-9(11)6-7-12-13(9)8-4-2-1-3-5-8/h1-7,12H. The number of anilines is 1. The van der Waals surface area contributed by atoms with Gasteiger partial charge in [-0.2, -0.15) is 0 Å². The summed E-state index contributed by atoms with van der Waals surface area (Å²) >= 11 is 7.08. The molecule has 0 spiro atoms. The Bertz CT molecular complexity index is 322. The number of nitrogens with zero attached hydrogens (tertiary/aromatic N) is 1. The Morgan fingerprint density at radius 1 is 1.15 bits per heavy atom. The van der Waals surface area contributed by atoms with Gasteiger partial charge in [-0.1, -0.05) is 18.2 Å². The predicted molar refractivity (Wildman–Crippen MR) is 61.8 cm³/mol. The van der Waals surface area contributed by atoms with Gasteiger partial charge in [0.1, 0.15) is 0 Å². The van der Waals surface area contributed by atoms with E-state index in [-0.39, 0.29) is 3.36 Å². The summed E-state index contributed by atoms with van der Waals surface area (Å²) < 4.78 is -0.318. The highest BCUT2D eigenvalue weighted by atomic mass is 79.9. The zero-order valence-electron chi connectivity index (χ0n) is 6.74. The minimum atomic E-state index is -0.318. The van der Waals surface area contributed by atoms with Crippen LogP contribution in [0.2, 0.25) is 0 Å². The van der Waals surface area contributed by atoms with Crippen LogP contribution < -0.4 is 10.4 Å². The molecule has 0 aromatic heterocycles. The van der Waals surface area contributed by atoms with Crippen LogP contribution in [0.1, 0.15) is 0 Å². The molecule has 1 aromatic carbocycles. The van der Waals surface area contributed by atoms with Crippen LogP contribution in [0.4, 0.5) is 5.69 Å². The molecule has 1 heterocycles. The molecule has 0 saturated heterocycles. The number of para-hydroxylation sites is 1. The first-order chi connectivity index (χ1) is 6.20. The monoisotopic (exact) mass is 302 g/mol. The largest absolute Gasteiger partial charge is 0.303 e. The van der Waals surface area contributed by atoms with E-state index < -0.39 is 0 Å². The maximum absolute atomic E-state index is 3.54. The number of rotatable bonds is 1. The van der Waals surface area contributed by atoms with Crippen molar-refractivity contribution < 1.29 is 0 Å². The van der Waals surface area contributed by atoms with Crippen molar-refractivity contribution in [1.29, 1.82) is 0 Å². The number of alkyl halides is 2. The van der Waals surface area contributed by atoms with Gasteiger partial charge in [0, 0.05) is 6.20 Å². The number of nitrogens with one attached hydrogen (secondary N) is 1. The lowest BCUT2D eigenvalue weighted by molar-refractivity contribution is 0.799. The van der Waals surface area contributed by atoms with Crippen LogP contribution in [0.25, 0.3) is 0 Å². The predicted octanol–water partition coefficient (Wildman–Crippen LogP) is 2.97. The Morgan fingerprint density at radius 3 is 2.38 bits per heavy atom. The van der Waals surface area contributed by atoms with E-state index in [1.165, 1.54) is 0 Å². The van der Waals surface area contributed by atoms with Crippen LogP contribution in [0, 0.1) is 0 Å². The van der Waals surface area contributed by atoms with Crippen LogP contribution in [0.15, 0.2) is 42.6 Å². The summed E-state index contributed by atoms with van der Waals surface area (Å²) in [6, 6.07) is 10.1. The lowest BCUT2D eigenvalue weighted by Gasteiger charge is -2.29. The van der Waals surface area contributed by atoms with E-state index in [0.29, 0.717) is 0 Å². The molecule has 1 aliphatic heterocycles. The van der Waals surface area contributed by atoms with Crippen LogP contribution in [-0.4, -0.2) is 3.36 Å². The number of halogens is 2. The van der Waals surface area contributed by atoms with Gasteiger partial charge in [0.15, 0.2) is 3.36 Å². The molecule has 0 radical (unpaired) electrons. The SMILES string of the molecule is BrC1(Br)C=CNN1c1ccccc1. The molecule has 13 heavy (non-hydrogen) atoms. The van der Waals surface area contributed by atoms with Gasteiger partial charge in [-0.25, -0.2) is 0 Å². The summed E-state index contributed by atoms with van der Waals surface area (Å²) in [6.07, 6.45) is 3.87. The van der Waals surface area contributed by atoms with Crippen molar-refractivity contribution in [2.24, 2.45) is 0 Å². The van der Waals surface area contributed by atoms with E-state index in [4.69, 9.17) is 0 Å². The number of hydrazine groups is 1. The van der Waals surface area contributed by atoms with Gasteiger partial charge >= 0.3 is 0 Å². The van der Waals surface area contributed by atoms with Crippen molar-refractivity contribution in [2.45, 2.75) is 3.36 Å². The summed E-state index contributed by atoms with van der Waals surface area (Å²) in [5, 5.41) is 1.98. The summed E-state index contributed by atoms with van der Waals surface area (Å²) in [4.78, 5) is 0. The molecule has 0 bridgehead atoms. The highest BCUT2D eigenvalue weighted by Crippen LogP contribution is 2.37. The molecule has 4 heteroatoms. The lowest BCUT2D eigenvalue weighted by atomic mass is 10.3. The summed E-state index contributed by atoms with van der Waals surface area (Å²) in [6.45, 7) is 0. The first-order valence-electron chi connectivity index (χ1n) is 3.87. The molecule has 1 aromatic rings. The highest BCUT2D eigenvalue weighted by molar-refractivity contribution is 9.25. The molecular weight excluding hydrogens is 296 g/mol. The minimum absolute atomic E-state index is 0.318. The normalized spacial score (nSPS) is 18.8. The third kappa shape index (κ3) is 1.74. The summed E-state index contributed by atoms with van der Waals surface area (Å²) in [5.74, 6) is 0. The quantitative estimate of drug-likeness (QED) is 0.634. The molecule has 0 atom stereocenters. The second kappa shape index (κ2) is 3.35. The fourth-order valence-corrected chi connectivity index (χ4v) is 2.07. The Balaban J connectivity index is 2.29. The fourth-order valence-electron chi connectivity index (χ4n) is 1.20. The van der Waals surface area contributed by atoms with Gasteiger partial charge in [-0.15, -0.1) is 0 Å². The van der Waals surface area contributed by atoms with Crippen LogP contribution in [0.5, 0.6) is 0 Å². The van der Waals surface area contributed by atoms with Crippen LogP contribution in [0.3, 0.4) is 0 Å². The molecule has 0 saturated carbocycles. The van der Waals surface area contributed by atoms with Crippen LogP contribution >= 0.6 is 31.9 Å². The van der Waals surface area contributed by atoms with Crippen molar-refractivity contribution in [1.82, 2.24) is 5.43 Å². The van der Waals surface area contributed by atoms with Gasteiger partial charge in [0.2, 0.25) is 0 Å². The lowest BCUT2D eigenvalue weighted by Crippen LogP contribution is -2.40. The molecule has 0 amide bonds. The fraction of sp³-hybridized carbons (Fsp3) is 0.111. The minimum Gasteiger partial charge on any atom is -0.303 e. The number of benzene rings is 1. The summed E-state index contributed by atoms with van der Waals surface area (Å²) in [5.41, 5.74) is 4.22. The molecule has 0 unspecified atom stereocenters. The molecule has 0 aliphatic carbocycles. The van der Waals surface area contributed by atoms with Gasteiger partial charge in [-0.3, -0.25) is 5.01 Å². The van der Waals surface area contributed by atoms with E-state index in [0.717, 1.165) is 5.69 Å². The second-order valence-corrected chi connectivity index (χ2v) is 6.20. The maximum atomic E-state index is 3.54. The number of hydrogen-bond donors (Lipinski definition) is 1. The first kappa shape index (κ1) is 9.09. The van der Waals surface area contributed by atoms with E-state index in [1.54, 1.807) is 0 Å². The average molecular weight is 304 g/mol. The number of hydrogen-bond acceptors (Lipinski definition) is 2. The molecule has 2 nitrogen and oxygen atoms in total. The van der Waals surface area contributed by atoms with Crippen molar-refractivity contribution in [3.8, 4) is 0 Å². The Labute approximate surface area is 93.8 Å². The van der Waals surface area contributed by atoms with E-state index in [2.05, 4.69) is 37.3 Å². The average Bonchev–Trinajstić information content (AvgIpc) is 2.47. The molecule has 1 aliphatic rings. The third-order valence-corrected chi connectivity index (χ3v) is 3.04. The smallest absolute Gasteiger partial charge is 0.189 e. The van der Waals surface area contributed by atoms with Gasteiger partial charge in [0.05, 0.1) is 5.69 Å². The molecule has 68 valence electrons. The van der Waals surface area contributed by atoms with E-state index in [9.17, 15) is 0 Å². The molecule has 0 fully saturated rings. The van der Waals surface area contributed by atoms with Crippen molar-refractivity contribution >= 4 is 37.5 Å². The van der Waals surface area contributed by atoms with Crippen molar-refractivity contribution in [3.05, 3.63) is 42.6 Å². The van der Waals surface area contributed by atoms with Gasteiger partial charge in [0.25, 0.3) is 0 Å². The Hall–Kier alpha value is -0.480. The van der Waals surface area contributed by atoms with E-state index >= 15 is 0 Å². The van der Waals surface area contributed by atoms with Gasteiger partial charge in [-0.05, 0) is 50.1 Å². The zero-order valence-corrected chi connectivity index (χ0v) is 9.92. The second-order valence-electron chi connectivity index (χ2n) is 2.72. The molecule has 1 N–H and O–H groups in total. The van der Waals surface area contributed by atoms with Crippen LogP contribution in [-0.2, 0) is 0 Å². The zero-order chi connectivity index (χ0) is 9.31. The maximum Gasteiger partial charge on any atom is 0.189 e. The Kier molecular flexibility index (Phi) is 2.34. The van der Waals surface area contributed by atoms with Crippen molar-refractivity contribution in [3.63, 3.8) is 0 Å². The topological polar surface area (TPSA) is 15.3 Å². The third-order valence-electron chi connectivity index (χ3n) is 1.80. The molecular formula is C9H8Br2N2. The first-order valence-corrected chi connectivity index (χ1v) is 5.46. The molecule has 2 rings (SSSR count). The Morgan fingerprint density at radius 2 is 1.85 bits per heavy atom. The van der Waals surface area contributed by atoms with Crippen molar-refractivity contribution in [2.75, 3.05) is 5.01 Å².